The Morgan fingerprint density at radius 3 is 2.92 bits per heavy atom. The Bertz CT molecular complexity index is 931. The van der Waals surface area contributed by atoms with Gasteiger partial charge in [0.15, 0.2) is 5.82 Å². The lowest BCUT2D eigenvalue weighted by atomic mass is 10.2. The van der Waals surface area contributed by atoms with Crippen molar-refractivity contribution < 1.29 is 9.53 Å². The standard InChI is InChI=1S/C17H18N6O2S/c1-11-10-22(6-7-23(11)13-9-18-4-5-19-13)16-14-12(3-8-26-14)20-15(21-16)17(24)25-2/h3-5,8-9,11H,6-7,10H2,1-2H3. The summed E-state index contributed by atoms with van der Waals surface area (Å²) in [4.78, 5) is 33.7. The number of esters is 1. The number of carbonyl (C=O) groups is 1. The van der Waals surface area contributed by atoms with Gasteiger partial charge in [-0.25, -0.2) is 19.7 Å². The van der Waals surface area contributed by atoms with Crippen LogP contribution in [-0.4, -0.2) is 58.7 Å². The van der Waals surface area contributed by atoms with Crippen LogP contribution in [0.4, 0.5) is 11.6 Å². The summed E-state index contributed by atoms with van der Waals surface area (Å²) >= 11 is 1.58. The van der Waals surface area contributed by atoms with E-state index in [9.17, 15) is 4.79 Å². The van der Waals surface area contributed by atoms with E-state index in [0.29, 0.717) is 0 Å². The zero-order valence-corrected chi connectivity index (χ0v) is 15.3. The number of carbonyl (C=O) groups excluding carboxylic acids is 1. The molecule has 4 rings (SSSR count). The maximum atomic E-state index is 11.9. The number of methoxy groups -OCH3 is 1. The van der Waals surface area contributed by atoms with Gasteiger partial charge in [0.05, 0.1) is 23.5 Å². The van der Waals surface area contributed by atoms with Crippen LogP contribution in [-0.2, 0) is 4.74 Å². The molecule has 4 heterocycles. The summed E-state index contributed by atoms with van der Waals surface area (Å²) in [5, 5.41) is 1.96. The zero-order chi connectivity index (χ0) is 18.1. The van der Waals surface area contributed by atoms with Gasteiger partial charge < -0.3 is 14.5 Å². The first-order chi connectivity index (χ1) is 12.7. The molecule has 8 nitrogen and oxygen atoms in total. The lowest BCUT2D eigenvalue weighted by Gasteiger charge is -2.41. The molecule has 134 valence electrons. The van der Waals surface area contributed by atoms with E-state index in [4.69, 9.17) is 4.74 Å². The number of anilines is 2. The van der Waals surface area contributed by atoms with Gasteiger partial charge in [0.1, 0.15) is 5.82 Å². The third-order valence-electron chi connectivity index (χ3n) is 4.42. The molecule has 1 saturated heterocycles. The van der Waals surface area contributed by atoms with Crippen LogP contribution in [0.25, 0.3) is 10.2 Å². The fourth-order valence-corrected chi connectivity index (χ4v) is 4.02. The van der Waals surface area contributed by atoms with Crippen LogP contribution in [0.5, 0.6) is 0 Å². The van der Waals surface area contributed by atoms with Gasteiger partial charge in [-0.05, 0) is 18.4 Å². The van der Waals surface area contributed by atoms with E-state index in [1.54, 1.807) is 29.9 Å². The lowest BCUT2D eigenvalue weighted by molar-refractivity contribution is 0.0587. The highest BCUT2D eigenvalue weighted by Crippen LogP contribution is 2.31. The van der Waals surface area contributed by atoms with Crippen molar-refractivity contribution in [1.82, 2.24) is 19.9 Å². The van der Waals surface area contributed by atoms with Gasteiger partial charge in [-0.3, -0.25) is 4.98 Å². The van der Waals surface area contributed by atoms with Gasteiger partial charge in [0, 0.05) is 38.1 Å². The van der Waals surface area contributed by atoms with Crippen molar-refractivity contribution >= 4 is 39.2 Å². The summed E-state index contributed by atoms with van der Waals surface area (Å²) in [5.41, 5.74) is 0.768. The molecule has 1 aliphatic rings. The summed E-state index contributed by atoms with van der Waals surface area (Å²) < 4.78 is 5.78. The number of fused-ring (bicyclic) bond motifs is 1. The highest BCUT2D eigenvalue weighted by molar-refractivity contribution is 7.17. The van der Waals surface area contributed by atoms with E-state index >= 15 is 0 Å². The van der Waals surface area contributed by atoms with E-state index in [0.717, 1.165) is 41.5 Å². The first kappa shape index (κ1) is 16.6. The van der Waals surface area contributed by atoms with Crippen LogP contribution < -0.4 is 9.80 Å². The first-order valence-corrected chi connectivity index (χ1v) is 9.16. The quantitative estimate of drug-likeness (QED) is 0.647. The highest BCUT2D eigenvalue weighted by atomic mass is 32.1. The fraction of sp³-hybridized carbons (Fsp3) is 0.353. The topological polar surface area (TPSA) is 84.3 Å². The van der Waals surface area contributed by atoms with E-state index in [2.05, 4.69) is 36.7 Å². The molecule has 0 spiro atoms. The molecule has 1 aliphatic heterocycles. The van der Waals surface area contributed by atoms with Crippen LogP contribution in [0.15, 0.2) is 30.0 Å². The van der Waals surface area contributed by atoms with Crippen LogP contribution in [0, 0.1) is 0 Å². The molecule has 0 bridgehead atoms. The zero-order valence-electron chi connectivity index (χ0n) is 14.5. The molecule has 0 aliphatic carbocycles. The van der Waals surface area contributed by atoms with Gasteiger partial charge >= 0.3 is 5.97 Å². The van der Waals surface area contributed by atoms with Crippen molar-refractivity contribution in [3.8, 4) is 0 Å². The smallest absolute Gasteiger partial charge is 0.376 e. The summed E-state index contributed by atoms with van der Waals surface area (Å²) in [5.74, 6) is 1.23. The summed E-state index contributed by atoms with van der Waals surface area (Å²) in [6.45, 7) is 4.48. The van der Waals surface area contributed by atoms with Crippen molar-refractivity contribution in [2.45, 2.75) is 13.0 Å². The number of thiophene rings is 1. The summed E-state index contributed by atoms with van der Waals surface area (Å²) in [7, 11) is 1.34. The van der Waals surface area contributed by atoms with Crippen molar-refractivity contribution in [2.24, 2.45) is 0 Å². The van der Waals surface area contributed by atoms with Crippen LogP contribution in [0.3, 0.4) is 0 Å². The first-order valence-electron chi connectivity index (χ1n) is 8.28. The average Bonchev–Trinajstić information content (AvgIpc) is 3.16. The van der Waals surface area contributed by atoms with Crippen molar-refractivity contribution in [3.05, 3.63) is 35.9 Å². The van der Waals surface area contributed by atoms with Gasteiger partial charge in [0.2, 0.25) is 5.82 Å². The summed E-state index contributed by atoms with van der Waals surface area (Å²) in [6.07, 6.45) is 5.16. The second-order valence-electron chi connectivity index (χ2n) is 6.05. The minimum absolute atomic E-state index is 0.0948. The van der Waals surface area contributed by atoms with Gasteiger partial charge in [-0.2, -0.15) is 0 Å². The largest absolute Gasteiger partial charge is 0.463 e. The molecular formula is C17H18N6O2S. The Kier molecular flexibility index (Phi) is 4.37. The van der Waals surface area contributed by atoms with Gasteiger partial charge in [-0.15, -0.1) is 11.3 Å². The van der Waals surface area contributed by atoms with Gasteiger partial charge in [0.25, 0.3) is 0 Å². The predicted molar refractivity (Wildman–Crippen MR) is 99.8 cm³/mol. The number of hydrogen-bond donors (Lipinski definition) is 0. The molecule has 3 aromatic heterocycles. The fourth-order valence-electron chi connectivity index (χ4n) is 3.17. The minimum Gasteiger partial charge on any atom is -0.463 e. The molecule has 0 amide bonds. The number of hydrogen-bond acceptors (Lipinski definition) is 9. The van der Waals surface area contributed by atoms with Gasteiger partial charge in [-0.1, -0.05) is 0 Å². The number of nitrogens with zero attached hydrogens (tertiary/aromatic N) is 6. The molecule has 1 unspecified atom stereocenters. The van der Waals surface area contributed by atoms with Crippen LogP contribution in [0.1, 0.15) is 17.5 Å². The summed E-state index contributed by atoms with van der Waals surface area (Å²) in [6, 6.07) is 2.13. The number of aromatic nitrogens is 4. The number of rotatable bonds is 3. The molecule has 9 heteroatoms. The highest BCUT2D eigenvalue weighted by Gasteiger charge is 2.28. The SMILES string of the molecule is COC(=O)c1nc(N2CCN(c3cnccn3)C(C)C2)c2sccc2n1. The monoisotopic (exact) mass is 370 g/mol. The molecule has 3 aromatic rings. The van der Waals surface area contributed by atoms with E-state index in [1.807, 2.05) is 11.4 Å². The molecule has 1 atom stereocenters. The van der Waals surface area contributed by atoms with E-state index in [1.165, 1.54) is 7.11 Å². The molecular weight excluding hydrogens is 352 g/mol. The van der Waals surface area contributed by atoms with E-state index < -0.39 is 5.97 Å². The Morgan fingerprint density at radius 1 is 1.31 bits per heavy atom. The predicted octanol–water partition coefficient (Wildman–Crippen LogP) is 1.98. The maximum absolute atomic E-state index is 11.9. The average molecular weight is 370 g/mol. The second-order valence-corrected chi connectivity index (χ2v) is 6.97. The Hall–Kier alpha value is -2.81. The van der Waals surface area contributed by atoms with Crippen molar-refractivity contribution in [2.75, 3.05) is 36.5 Å². The van der Waals surface area contributed by atoms with E-state index in [-0.39, 0.29) is 11.9 Å². The third kappa shape index (κ3) is 2.94. The molecule has 0 saturated carbocycles. The third-order valence-corrected chi connectivity index (χ3v) is 5.32. The Labute approximate surface area is 154 Å². The maximum Gasteiger partial charge on any atom is 0.376 e. The molecule has 0 N–H and O–H groups in total. The van der Waals surface area contributed by atoms with Crippen LogP contribution >= 0.6 is 11.3 Å². The molecule has 0 aromatic carbocycles. The Balaban J connectivity index is 1.64. The van der Waals surface area contributed by atoms with Crippen molar-refractivity contribution in [3.63, 3.8) is 0 Å². The number of ether oxygens (including phenoxy) is 1. The molecule has 0 radical (unpaired) electrons. The number of piperazine rings is 1. The Morgan fingerprint density at radius 2 is 2.19 bits per heavy atom. The van der Waals surface area contributed by atoms with Crippen LogP contribution in [0.2, 0.25) is 0 Å². The lowest BCUT2D eigenvalue weighted by Crippen LogP contribution is -2.52. The normalized spacial score (nSPS) is 17.5. The van der Waals surface area contributed by atoms with Crippen molar-refractivity contribution in [1.29, 1.82) is 0 Å². The second kappa shape index (κ2) is 6.83. The molecule has 1 fully saturated rings. The molecule has 26 heavy (non-hydrogen) atoms. The minimum atomic E-state index is -0.523.